The first-order valence-corrected chi connectivity index (χ1v) is 9.82. The zero-order chi connectivity index (χ0) is 17.4. The van der Waals surface area contributed by atoms with Gasteiger partial charge in [-0.05, 0) is 90.3 Å². The summed E-state index contributed by atoms with van der Waals surface area (Å²) in [5.74, 6) is 0.878. The van der Waals surface area contributed by atoms with Crippen LogP contribution in [0.25, 0.3) is 0 Å². The fourth-order valence-corrected chi connectivity index (χ4v) is 4.84. The van der Waals surface area contributed by atoms with E-state index in [9.17, 15) is 10.2 Å². The average molecular weight is 403 g/mol. The highest BCUT2D eigenvalue weighted by molar-refractivity contribution is 9.10. The predicted molar refractivity (Wildman–Crippen MR) is 101 cm³/mol. The van der Waals surface area contributed by atoms with E-state index in [0.29, 0.717) is 5.92 Å². The van der Waals surface area contributed by atoms with Gasteiger partial charge in [0.05, 0.1) is 5.69 Å². The maximum atomic E-state index is 10.7. The molecule has 0 amide bonds. The number of hydrogen-bond donors (Lipinski definition) is 3. The van der Waals surface area contributed by atoms with Crippen molar-refractivity contribution in [2.75, 3.05) is 13.1 Å². The Balaban J connectivity index is 1.91. The van der Waals surface area contributed by atoms with E-state index in [1.165, 1.54) is 11.6 Å². The lowest BCUT2D eigenvalue weighted by molar-refractivity contribution is 0.329. The van der Waals surface area contributed by atoms with Crippen LogP contribution in [0.1, 0.15) is 47.6 Å². The standard InChI is InChI=1S/C20H23BrN2O2/c21-15-8-14-3-1-2-13-9-16(24)10-17(25)18(13)19(20(14)23-11-15)12-4-6-22-7-5-12/h8-12,19,22,24-25H,1-7H2. The molecule has 0 radical (unpaired) electrons. The fraction of sp³-hybridized carbons (Fsp3) is 0.450. The van der Waals surface area contributed by atoms with Gasteiger partial charge in [0.25, 0.3) is 0 Å². The van der Waals surface area contributed by atoms with Crippen LogP contribution in [0.15, 0.2) is 28.9 Å². The van der Waals surface area contributed by atoms with E-state index in [0.717, 1.165) is 66.5 Å². The SMILES string of the molecule is Oc1cc(O)c2c(c1)CCCc1cc(Br)cnc1C2C1CCNCC1. The molecule has 0 bridgehead atoms. The Labute approximate surface area is 156 Å². The number of nitrogens with zero attached hydrogens (tertiary/aromatic N) is 1. The first-order valence-electron chi connectivity index (χ1n) is 9.03. The van der Waals surface area contributed by atoms with Crippen LogP contribution in [0.5, 0.6) is 11.5 Å². The molecular weight excluding hydrogens is 380 g/mol. The summed E-state index contributed by atoms with van der Waals surface area (Å²) in [5, 5.41) is 24.1. The topological polar surface area (TPSA) is 65.4 Å². The Bertz CT molecular complexity index is 788. The van der Waals surface area contributed by atoms with Crippen LogP contribution in [0.4, 0.5) is 0 Å². The van der Waals surface area contributed by atoms with Crippen LogP contribution in [0, 0.1) is 5.92 Å². The molecule has 0 spiro atoms. The number of hydrogen-bond acceptors (Lipinski definition) is 4. The fourth-order valence-electron chi connectivity index (χ4n) is 4.46. The Hall–Kier alpha value is -1.59. The highest BCUT2D eigenvalue weighted by Gasteiger charge is 2.34. The summed E-state index contributed by atoms with van der Waals surface area (Å²) < 4.78 is 1.01. The van der Waals surface area contributed by atoms with Crippen molar-refractivity contribution < 1.29 is 10.2 Å². The van der Waals surface area contributed by atoms with Crippen molar-refractivity contribution in [1.82, 2.24) is 10.3 Å². The second-order valence-electron chi connectivity index (χ2n) is 7.15. The van der Waals surface area contributed by atoms with Gasteiger partial charge >= 0.3 is 0 Å². The summed E-state index contributed by atoms with van der Waals surface area (Å²) in [6, 6.07) is 5.49. The molecule has 5 heteroatoms. The van der Waals surface area contributed by atoms with Gasteiger partial charge < -0.3 is 15.5 Å². The molecule has 1 aliphatic heterocycles. The van der Waals surface area contributed by atoms with Gasteiger partial charge in [-0.25, -0.2) is 0 Å². The van der Waals surface area contributed by atoms with Crippen molar-refractivity contribution in [3.05, 3.63) is 51.3 Å². The molecule has 2 aromatic rings. The van der Waals surface area contributed by atoms with Crippen LogP contribution < -0.4 is 5.32 Å². The first-order chi connectivity index (χ1) is 12.1. The number of aromatic nitrogens is 1. The molecule has 1 aliphatic carbocycles. The third-order valence-corrected chi connectivity index (χ3v) is 5.98. The summed E-state index contributed by atoms with van der Waals surface area (Å²) in [7, 11) is 0. The summed E-state index contributed by atoms with van der Waals surface area (Å²) in [6.45, 7) is 2.00. The zero-order valence-electron chi connectivity index (χ0n) is 14.1. The maximum absolute atomic E-state index is 10.7. The molecule has 1 atom stereocenters. The lowest BCUT2D eigenvalue weighted by Crippen LogP contribution is -2.32. The van der Waals surface area contributed by atoms with E-state index in [1.807, 2.05) is 12.3 Å². The van der Waals surface area contributed by atoms with Crippen LogP contribution in [0.2, 0.25) is 0 Å². The van der Waals surface area contributed by atoms with Crippen molar-refractivity contribution in [1.29, 1.82) is 0 Å². The molecule has 1 unspecified atom stereocenters. The number of piperidine rings is 1. The van der Waals surface area contributed by atoms with Crippen LogP contribution in [0.3, 0.4) is 0 Å². The number of halogens is 1. The monoisotopic (exact) mass is 402 g/mol. The molecule has 1 aromatic carbocycles. The van der Waals surface area contributed by atoms with E-state index in [2.05, 4.69) is 27.3 Å². The molecule has 25 heavy (non-hydrogen) atoms. The Morgan fingerprint density at radius 3 is 2.60 bits per heavy atom. The van der Waals surface area contributed by atoms with Gasteiger partial charge in [-0.2, -0.15) is 0 Å². The van der Waals surface area contributed by atoms with Crippen LogP contribution >= 0.6 is 15.9 Å². The summed E-state index contributed by atoms with van der Waals surface area (Å²) in [4.78, 5) is 4.80. The van der Waals surface area contributed by atoms with E-state index < -0.39 is 0 Å². The van der Waals surface area contributed by atoms with E-state index >= 15 is 0 Å². The minimum Gasteiger partial charge on any atom is -0.508 e. The number of rotatable bonds is 1. The quantitative estimate of drug-likeness (QED) is 0.676. The molecule has 4 rings (SSSR count). The van der Waals surface area contributed by atoms with E-state index in [1.54, 1.807) is 0 Å². The van der Waals surface area contributed by atoms with Gasteiger partial charge in [0.1, 0.15) is 11.5 Å². The molecule has 1 aromatic heterocycles. The second-order valence-corrected chi connectivity index (χ2v) is 8.07. The van der Waals surface area contributed by atoms with Gasteiger partial charge in [-0.1, -0.05) is 0 Å². The number of pyridine rings is 1. The summed E-state index contributed by atoms with van der Waals surface area (Å²) in [5.41, 5.74) is 4.41. The van der Waals surface area contributed by atoms with Gasteiger partial charge in [0.2, 0.25) is 0 Å². The molecule has 2 heterocycles. The number of aromatic hydroxyl groups is 2. The van der Waals surface area contributed by atoms with Crippen molar-refractivity contribution in [3.63, 3.8) is 0 Å². The zero-order valence-corrected chi connectivity index (χ0v) is 15.7. The maximum Gasteiger partial charge on any atom is 0.123 e. The molecule has 2 aliphatic rings. The van der Waals surface area contributed by atoms with Crippen molar-refractivity contribution in [2.24, 2.45) is 5.92 Å². The average Bonchev–Trinajstić information content (AvgIpc) is 2.58. The Morgan fingerprint density at radius 2 is 1.80 bits per heavy atom. The third kappa shape index (κ3) is 3.27. The number of phenolic OH excluding ortho intramolecular Hbond substituents is 2. The number of aryl methyl sites for hydroxylation is 2. The number of fused-ring (bicyclic) bond motifs is 2. The number of nitrogens with one attached hydrogen (secondary N) is 1. The molecular formula is C20H23BrN2O2. The number of phenols is 2. The van der Waals surface area contributed by atoms with Crippen LogP contribution in [-0.2, 0) is 12.8 Å². The van der Waals surface area contributed by atoms with E-state index in [4.69, 9.17) is 4.98 Å². The third-order valence-electron chi connectivity index (χ3n) is 5.55. The Morgan fingerprint density at radius 1 is 1.04 bits per heavy atom. The normalized spacial score (nSPS) is 21.1. The molecule has 1 fully saturated rings. The van der Waals surface area contributed by atoms with Gasteiger partial charge in [0, 0.05) is 28.2 Å². The summed E-state index contributed by atoms with van der Waals surface area (Å²) >= 11 is 3.55. The molecule has 4 nitrogen and oxygen atoms in total. The number of benzene rings is 1. The Kier molecular flexibility index (Phi) is 4.69. The first kappa shape index (κ1) is 16.9. The lowest BCUT2D eigenvalue weighted by atomic mass is 9.73. The smallest absolute Gasteiger partial charge is 0.123 e. The van der Waals surface area contributed by atoms with Crippen LogP contribution in [-0.4, -0.2) is 28.3 Å². The minimum atomic E-state index is 0.0844. The van der Waals surface area contributed by atoms with E-state index in [-0.39, 0.29) is 17.4 Å². The summed E-state index contributed by atoms with van der Waals surface area (Å²) in [6.07, 6.45) is 6.83. The largest absolute Gasteiger partial charge is 0.508 e. The van der Waals surface area contributed by atoms with Gasteiger partial charge in [-0.3, -0.25) is 4.98 Å². The van der Waals surface area contributed by atoms with Crippen molar-refractivity contribution in [3.8, 4) is 11.5 Å². The van der Waals surface area contributed by atoms with Gasteiger partial charge in [-0.15, -0.1) is 0 Å². The molecule has 132 valence electrons. The molecule has 1 saturated heterocycles. The molecule has 0 saturated carbocycles. The highest BCUT2D eigenvalue weighted by Crippen LogP contribution is 2.45. The second kappa shape index (κ2) is 6.96. The van der Waals surface area contributed by atoms with Gasteiger partial charge in [0.15, 0.2) is 0 Å². The lowest BCUT2D eigenvalue weighted by Gasteiger charge is -2.34. The predicted octanol–water partition coefficient (Wildman–Crippen LogP) is 3.88. The molecule has 3 N–H and O–H groups in total. The highest BCUT2D eigenvalue weighted by atomic mass is 79.9. The van der Waals surface area contributed by atoms with Crippen molar-refractivity contribution >= 4 is 15.9 Å². The minimum absolute atomic E-state index is 0.0844. The van der Waals surface area contributed by atoms with Crippen molar-refractivity contribution in [2.45, 2.75) is 38.0 Å².